The molecule has 0 spiro atoms. The zero-order chi connectivity index (χ0) is 10.2. The van der Waals surface area contributed by atoms with E-state index in [9.17, 15) is 13.9 Å². The monoisotopic (exact) mass is 199 g/mol. The number of rotatable bonds is 0. The van der Waals surface area contributed by atoms with E-state index in [4.69, 9.17) is 0 Å². The molecular weight excluding hydrogens is 188 g/mol. The van der Waals surface area contributed by atoms with Crippen LogP contribution in [0.3, 0.4) is 0 Å². The number of phenolic OH excluding ortho intramolecular Hbond substituents is 1. The number of anilines is 1. The predicted octanol–water partition coefficient (Wildman–Crippen LogP) is 2.39. The molecule has 0 amide bonds. The van der Waals surface area contributed by atoms with Gasteiger partial charge < -0.3 is 10.4 Å². The molecule has 0 fully saturated rings. The van der Waals surface area contributed by atoms with Crippen LogP contribution in [0.2, 0.25) is 0 Å². The minimum absolute atomic E-state index is 0.0419. The Morgan fingerprint density at radius 3 is 2.93 bits per heavy atom. The zero-order valence-electron chi connectivity index (χ0n) is 7.56. The van der Waals surface area contributed by atoms with Gasteiger partial charge in [0.15, 0.2) is 0 Å². The summed E-state index contributed by atoms with van der Waals surface area (Å²) in [5.74, 6) is -2.65. The number of fused-ring (bicyclic) bond motifs is 1. The van der Waals surface area contributed by atoms with Crippen LogP contribution in [0.4, 0.5) is 14.5 Å². The summed E-state index contributed by atoms with van der Waals surface area (Å²) in [5.41, 5.74) is 1.20. The first-order valence-electron chi connectivity index (χ1n) is 4.51. The van der Waals surface area contributed by atoms with Crippen LogP contribution < -0.4 is 5.32 Å². The van der Waals surface area contributed by atoms with Crippen molar-refractivity contribution >= 4 is 5.69 Å². The molecule has 0 aliphatic carbocycles. The second-order valence-corrected chi connectivity index (χ2v) is 3.52. The number of halogens is 2. The van der Waals surface area contributed by atoms with Crippen LogP contribution in [0.1, 0.15) is 12.0 Å². The molecule has 0 atom stereocenters. The lowest BCUT2D eigenvalue weighted by atomic mass is 10.1. The minimum Gasteiger partial charge on any atom is -0.506 e. The van der Waals surface area contributed by atoms with Crippen LogP contribution in [0.15, 0.2) is 18.2 Å². The van der Waals surface area contributed by atoms with E-state index >= 15 is 0 Å². The lowest BCUT2D eigenvalue weighted by molar-refractivity contribution is 0.00841. The number of nitrogens with one attached hydrogen (secondary N) is 1. The average Bonchev–Trinajstić information content (AvgIpc) is 2.27. The van der Waals surface area contributed by atoms with Gasteiger partial charge in [-0.15, -0.1) is 0 Å². The molecule has 2 N–H and O–H groups in total. The summed E-state index contributed by atoms with van der Waals surface area (Å²) >= 11 is 0. The summed E-state index contributed by atoms with van der Waals surface area (Å²) in [7, 11) is 0. The molecule has 1 aliphatic heterocycles. The topological polar surface area (TPSA) is 32.3 Å². The largest absolute Gasteiger partial charge is 0.506 e. The molecule has 0 aromatic heterocycles. The number of alkyl halides is 2. The molecule has 14 heavy (non-hydrogen) atoms. The van der Waals surface area contributed by atoms with Gasteiger partial charge in [0.05, 0.1) is 12.2 Å². The summed E-state index contributed by atoms with van der Waals surface area (Å²) in [5, 5.41) is 12.0. The molecular formula is C10H11F2NO. The second-order valence-electron chi connectivity index (χ2n) is 3.52. The summed E-state index contributed by atoms with van der Waals surface area (Å²) in [6, 6.07) is 4.91. The van der Waals surface area contributed by atoms with Crippen molar-refractivity contribution < 1.29 is 13.9 Å². The number of phenols is 1. The maximum atomic E-state index is 13.0. The smallest absolute Gasteiger partial charge is 0.265 e. The summed E-state index contributed by atoms with van der Waals surface area (Å²) in [4.78, 5) is 0. The number of aryl methyl sites for hydroxylation is 1. The Labute approximate surface area is 80.6 Å². The Kier molecular flexibility index (Phi) is 2.06. The van der Waals surface area contributed by atoms with E-state index in [-0.39, 0.29) is 12.2 Å². The normalized spacial score (nSPS) is 19.3. The fourth-order valence-corrected chi connectivity index (χ4v) is 1.62. The number of hydrogen-bond acceptors (Lipinski definition) is 2. The SMILES string of the molecule is Oc1cccc2c1NCC(F)(F)CC2. The Morgan fingerprint density at radius 2 is 2.14 bits per heavy atom. The molecule has 0 unspecified atom stereocenters. The molecule has 0 saturated carbocycles. The van der Waals surface area contributed by atoms with E-state index in [1.165, 1.54) is 6.07 Å². The lowest BCUT2D eigenvalue weighted by Crippen LogP contribution is -2.25. The fraction of sp³-hybridized carbons (Fsp3) is 0.400. The van der Waals surface area contributed by atoms with Gasteiger partial charge in [0.25, 0.3) is 5.92 Å². The van der Waals surface area contributed by atoms with Gasteiger partial charge in [0.1, 0.15) is 5.75 Å². The maximum Gasteiger partial charge on any atom is 0.265 e. The number of aromatic hydroxyl groups is 1. The standard InChI is InChI=1S/C10H11F2NO/c11-10(12)5-4-7-2-1-3-8(14)9(7)13-6-10/h1-3,13-14H,4-6H2. The summed E-state index contributed by atoms with van der Waals surface area (Å²) < 4.78 is 26.0. The Bertz CT molecular complexity index is 352. The van der Waals surface area contributed by atoms with Gasteiger partial charge in [-0.1, -0.05) is 12.1 Å². The molecule has 1 aromatic rings. The highest BCUT2D eigenvalue weighted by Crippen LogP contribution is 2.34. The highest BCUT2D eigenvalue weighted by Gasteiger charge is 2.31. The first-order valence-corrected chi connectivity index (χ1v) is 4.51. The van der Waals surface area contributed by atoms with Gasteiger partial charge in [0, 0.05) is 6.42 Å². The first-order chi connectivity index (χ1) is 6.58. The van der Waals surface area contributed by atoms with Crippen molar-refractivity contribution in [3.63, 3.8) is 0 Å². The van der Waals surface area contributed by atoms with Crippen molar-refractivity contribution in [1.82, 2.24) is 0 Å². The maximum absolute atomic E-state index is 13.0. The molecule has 0 saturated heterocycles. The molecule has 2 nitrogen and oxygen atoms in total. The number of benzene rings is 1. The zero-order valence-corrected chi connectivity index (χ0v) is 7.56. The van der Waals surface area contributed by atoms with E-state index in [1.54, 1.807) is 12.1 Å². The third-order valence-electron chi connectivity index (χ3n) is 2.41. The van der Waals surface area contributed by atoms with Gasteiger partial charge >= 0.3 is 0 Å². The third kappa shape index (κ3) is 1.64. The minimum atomic E-state index is -2.69. The highest BCUT2D eigenvalue weighted by atomic mass is 19.3. The van der Waals surface area contributed by atoms with E-state index in [0.29, 0.717) is 12.1 Å². The van der Waals surface area contributed by atoms with Gasteiger partial charge in [-0.05, 0) is 18.1 Å². The Morgan fingerprint density at radius 1 is 1.36 bits per heavy atom. The summed E-state index contributed by atoms with van der Waals surface area (Å²) in [6.45, 7) is -0.405. The highest BCUT2D eigenvalue weighted by molar-refractivity contribution is 5.62. The molecule has 1 heterocycles. The van der Waals surface area contributed by atoms with Crippen molar-refractivity contribution in [2.75, 3.05) is 11.9 Å². The van der Waals surface area contributed by atoms with Gasteiger partial charge in [-0.3, -0.25) is 0 Å². The molecule has 76 valence electrons. The number of para-hydroxylation sites is 1. The van der Waals surface area contributed by atoms with Crippen molar-refractivity contribution in [3.8, 4) is 5.75 Å². The average molecular weight is 199 g/mol. The predicted molar refractivity (Wildman–Crippen MR) is 49.9 cm³/mol. The molecule has 0 bridgehead atoms. The number of hydrogen-bond donors (Lipinski definition) is 2. The summed E-state index contributed by atoms with van der Waals surface area (Å²) in [6.07, 6.45) is 0.125. The van der Waals surface area contributed by atoms with E-state index < -0.39 is 12.5 Å². The van der Waals surface area contributed by atoms with Crippen LogP contribution in [0, 0.1) is 0 Å². The van der Waals surface area contributed by atoms with Gasteiger partial charge in [-0.2, -0.15) is 0 Å². The van der Waals surface area contributed by atoms with Gasteiger partial charge in [0.2, 0.25) is 0 Å². The van der Waals surface area contributed by atoms with Crippen molar-refractivity contribution in [2.45, 2.75) is 18.8 Å². The van der Waals surface area contributed by atoms with Crippen LogP contribution in [0.5, 0.6) is 5.75 Å². The van der Waals surface area contributed by atoms with Crippen molar-refractivity contribution in [2.24, 2.45) is 0 Å². The molecule has 1 aromatic carbocycles. The van der Waals surface area contributed by atoms with Crippen molar-refractivity contribution in [3.05, 3.63) is 23.8 Å². The van der Waals surface area contributed by atoms with Crippen LogP contribution >= 0.6 is 0 Å². The first kappa shape index (κ1) is 9.24. The lowest BCUT2D eigenvalue weighted by Gasteiger charge is -2.13. The third-order valence-corrected chi connectivity index (χ3v) is 2.41. The molecule has 0 radical (unpaired) electrons. The quantitative estimate of drug-likeness (QED) is 0.629. The fourth-order valence-electron chi connectivity index (χ4n) is 1.62. The second kappa shape index (κ2) is 3.12. The molecule has 2 rings (SSSR count). The molecule has 1 aliphatic rings. The van der Waals surface area contributed by atoms with E-state index in [0.717, 1.165) is 5.56 Å². The Hall–Kier alpha value is -1.32. The van der Waals surface area contributed by atoms with E-state index in [1.807, 2.05) is 0 Å². The van der Waals surface area contributed by atoms with Crippen LogP contribution in [0.25, 0.3) is 0 Å². The van der Waals surface area contributed by atoms with Crippen LogP contribution in [-0.4, -0.2) is 17.6 Å². The van der Waals surface area contributed by atoms with Crippen molar-refractivity contribution in [1.29, 1.82) is 0 Å². The van der Waals surface area contributed by atoms with E-state index in [2.05, 4.69) is 5.32 Å². The van der Waals surface area contributed by atoms with Crippen LogP contribution in [-0.2, 0) is 6.42 Å². The molecule has 4 heteroatoms. The van der Waals surface area contributed by atoms with Gasteiger partial charge in [-0.25, -0.2) is 8.78 Å². The Balaban J connectivity index is 2.34.